The van der Waals surface area contributed by atoms with Crippen molar-refractivity contribution in [1.82, 2.24) is 9.78 Å². The number of carbonyl (C=O) groups excluding carboxylic acids is 1. The van der Waals surface area contributed by atoms with Gasteiger partial charge in [-0.1, -0.05) is 19.3 Å². The molecule has 1 aromatic heterocycles. The van der Waals surface area contributed by atoms with Crippen LogP contribution >= 0.6 is 0 Å². The molecule has 0 aromatic carbocycles. The van der Waals surface area contributed by atoms with E-state index in [1.165, 1.54) is 26.4 Å². The van der Waals surface area contributed by atoms with Crippen LogP contribution in [0.3, 0.4) is 0 Å². The molecule has 0 saturated heterocycles. The molecule has 0 atom stereocenters. The third-order valence-electron chi connectivity index (χ3n) is 4.18. The second kappa shape index (κ2) is 5.34. The molecule has 3 N–H and O–H groups in total. The van der Waals surface area contributed by atoms with E-state index < -0.39 is 5.97 Å². The predicted molar refractivity (Wildman–Crippen MR) is 76.7 cm³/mol. The highest BCUT2D eigenvalue weighted by Gasteiger charge is 2.30. The van der Waals surface area contributed by atoms with Crippen molar-refractivity contribution < 1.29 is 9.53 Å². The number of methoxy groups -OCH3 is 1. The van der Waals surface area contributed by atoms with Crippen LogP contribution < -0.4 is 11.1 Å². The van der Waals surface area contributed by atoms with Crippen LogP contribution in [0.1, 0.15) is 61.3 Å². The van der Waals surface area contributed by atoms with Gasteiger partial charge in [0.2, 0.25) is 0 Å². The van der Waals surface area contributed by atoms with Crippen LogP contribution in [0, 0.1) is 0 Å². The summed E-state index contributed by atoms with van der Waals surface area (Å²) in [5.41, 5.74) is 6.56. The van der Waals surface area contributed by atoms with E-state index in [0.717, 1.165) is 25.7 Å². The lowest BCUT2D eigenvalue weighted by Gasteiger charge is -2.22. The molecule has 0 aliphatic heterocycles. The van der Waals surface area contributed by atoms with Crippen LogP contribution in [0.5, 0.6) is 0 Å². The Morgan fingerprint density at radius 2 is 2.00 bits per heavy atom. The Balaban J connectivity index is 1.92. The molecule has 0 radical (unpaired) electrons. The molecular weight excluding hydrogens is 256 g/mol. The number of nitrogens with zero attached hydrogens (tertiary/aromatic N) is 2. The lowest BCUT2D eigenvalue weighted by molar-refractivity contribution is 0.0603. The first kappa shape index (κ1) is 13.3. The van der Waals surface area contributed by atoms with E-state index in [1.54, 1.807) is 0 Å². The van der Waals surface area contributed by atoms with Crippen molar-refractivity contribution in [1.29, 1.82) is 0 Å². The van der Waals surface area contributed by atoms with E-state index in [9.17, 15) is 4.79 Å². The molecule has 6 heteroatoms. The highest BCUT2D eigenvalue weighted by Crippen LogP contribution is 2.35. The van der Waals surface area contributed by atoms with Gasteiger partial charge in [0, 0.05) is 6.04 Å². The fourth-order valence-electron chi connectivity index (χ4n) is 2.88. The molecule has 2 aliphatic carbocycles. The summed E-state index contributed by atoms with van der Waals surface area (Å²) in [6, 6.07) is 0.731. The first-order chi connectivity index (χ1) is 9.70. The maximum Gasteiger partial charge on any atom is 0.345 e. The smallest absolute Gasteiger partial charge is 0.345 e. The van der Waals surface area contributed by atoms with Crippen LogP contribution in [0.15, 0.2) is 0 Å². The van der Waals surface area contributed by atoms with Gasteiger partial charge in [-0.05, 0) is 25.7 Å². The fraction of sp³-hybridized carbons (Fsp3) is 0.714. The number of ether oxygens (including phenoxy) is 1. The fourth-order valence-corrected chi connectivity index (χ4v) is 2.88. The third kappa shape index (κ3) is 2.46. The molecule has 20 heavy (non-hydrogen) atoms. The summed E-state index contributed by atoms with van der Waals surface area (Å²) in [6.07, 6.45) is 8.07. The highest BCUT2D eigenvalue weighted by molar-refractivity contribution is 5.99. The van der Waals surface area contributed by atoms with Gasteiger partial charge in [-0.15, -0.1) is 0 Å². The molecule has 3 rings (SSSR count). The Labute approximate surface area is 118 Å². The molecule has 2 aliphatic rings. The zero-order valence-corrected chi connectivity index (χ0v) is 11.9. The van der Waals surface area contributed by atoms with Crippen molar-refractivity contribution in [3.63, 3.8) is 0 Å². The Morgan fingerprint density at radius 1 is 1.30 bits per heavy atom. The van der Waals surface area contributed by atoms with Gasteiger partial charge in [-0.3, -0.25) is 0 Å². The molecule has 0 unspecified atom stereocenters. The summed E-state index contributed by atoms with van der Waals surface area (Å²) in [5.74, 6) is 0.613. The van der Waals surface area contributed by atoms with Crippen molar-refractivity contribution >= 4 is 17.6 Å². The van der Waals surface area contributed by atoms with Crippen molar-refractivity contribution in [2.45, 2.75) is 57.0 Å². The highest BCUT2D eigenvalue weighted by atomic mass is 16.5. The largest absolute Gasteiger partial charge is 0.465 e. The molecule has 1 aromatic rings. The van der Waals surface area contributed by atoms with Gasteiger partial charge in [0.25, 0.3) is 0 Å². The Morgan fingerprint density at radius 3 is 2.60 bits per heavy atom. The number of hydrogen-bond acceptors (Lipinski definition) is 5. The van der Waals surface area contributed by atoms with E-state index in [2.05, 4.69) is 10.4 Å². The van der Waals surface area contributed by atoms with E-state index >= 15 is 0 Å². The number of anilines is 2. The van der Waals surface area contributed by atoms with E-state index in [4.69, 9.17) is 10.5 Å². The molecule has 0 spiro atoms. The molecule has 2 fully saturated rings. The van der Waals surface area contributed by atoms with Gasteiger partial charge < -0.3 is 15.8 Å². The monoisotopic (exact) mass is 278 g/mol. The minimum atomic E-state index is -0.410. The molecule has 2 saturated carbocycles. The van der Waals surface area contributed by atoms with Crippen molar-refractivity contribution in [2.75, 3.05) is 18.2 Å². The van der Waals surface area contributed by atoms with Gasteiger partial charge in [-0.25, -0.2) is 9.48 Å². The molecule has 0 amide bonds. The van der Waals surface area contributed by atoms with Gasteiger partial charge in [-0.2, -0.15) is 5.10 Å². The summed E-state index contributed by atoms with van der Waals surface area (Å²) in [4.78, 5) is 12.0. The number of nitrogens with one attached hydrogen (secondary N) is 1. The maximum absolute atomic E-state index is 12.0. The van der Waals surface area contributed by atoms with Crippen LogP contribution in [0.2, 0.25) is 0 Å². The van der Waals surface area contributed by atoms with Crippen molar-refractivity contribution in [3.8, 4) is 0 Å². The maximum atomic E-state index is 12.0. The number of nitrogens with two attached hydrogens (primary N) is 1. The summed E-state index contributed by atoms with van der Waals surface area (Å²) in [7, 11) is 1.38. The van der Waals surface area contributed by atoms with Crippen LogP contribution in [-0.4, -0.2) is 28.9 Å². The van der Waals surface area contributed by atoms with Crippen LogP contribution in [0.4, 0.5) is 11.6 Å². The lowest BCUT2D eigenvalue weighted by atomic mass is 9.96. The minimum Gasteiger partial charge on any atom is -0.465 e. The minimum absolute atomic E-state index is 0.307. The van der Waals surface area contributed by atoms with E-state index in [1.807, 2.05) is 4.68 Å². The zero-order chi connectivity index (χ0) is 14.1. The topological polar surface area (TPSA) is 82.2 Å². The predicted octanol–water partition coefficient (Wildman–Crippen LogP) is 2.33. The molecule has 1 heterocycles. The lowest BCUT2D eigenvalue weighted by Crippen LogP contribution is -2.17. The summed E-state index contributed by atoms with van der Waals surface area (Å²) in [5, 5.41) is 7.85. The quantitative estimate of drug-likeness (QED) is 0.826. The average Bonchev–Trinajstić information content (AvgIpc) is 3.22. The third-order valence-corrected chi connectivity index (χ3v) is 4.18. The molecule has 110 valence electrons. The second-order valence-electron chi connectivity index (χ2n) is 5.76. The molecule has 6 nitrogen and oxygen atoms in total. The number of hydrogen-bond donors (Lipinski definition) is 2. The average molecular weight is 278 g/mol. The Kier molecular flexibility index (Phi) is 3.54. The van der Waals surface area contributed by atoms with E-state index in [0.29, 0.717) is 29.3 Å². The molecule has 0 bridgehead atoms. The number of nitrogen functional groups attached to an aromatic ring is 1. The van der Waals surface area contributed by atoms with Gasteiger partial charge >= 0.3 is 5.97 Å². The Bertz CT molecular complexity index is 502. The number of rotatable bonds is 4. The second-order valence-corrected chi connectivity index (χ2v) is 5.76. The van der Waals surface area contributed by atoms with Crippen molar-refractivity contribution in [3.05, 3.63) is 5.56 Å². The standard InChI is InChI=1S/C14H22N4O2/c1-20-14(19)11-12(15)18(10-5-3-2-4-6-10)17-13(11)16-9-7-8-9/h9-10H,2-8,15H2,1H3,(H,16,17). The van der Waals surface area contributed by atoms with Gasteiger partial charge in [0.15, 0.2) is 5.82 Å². The molecular formula is C14H22N4O2. The Hall–Kier alpha value is -1.72. The normalized spacial score (nSPS) is 19.9. The van der Waals surface area contributed by atoms with Crippen LogP contribution in [0.25, 0.3) is 0 Å². The number of carbonyl (C=O) groups is 1. The van der Waals surface area contributed by atoms with Gasteiger partial charge in [0.1, 0.15) is 11.4 Å². The SMILES string of the molecule is COC(=O)c1c(NC2CC2)nn(C2CCCCC2)c1N. The summed E-state index contributed by atoms with van der Waals surface area (Å²) >= 11 is 0. The first-order valence-corrected chi connectivity index (χ1v) is 7.43. The number of esters is 1. The number of aromatic nitrogens is 2. The van der Waals surface area contributed by atoms with Crippen LogP contribution in [-0.2, 0) is 4.74 Å². The summed E-state index contributed by atoms with van der Waals surface area (Å²) < 4.78 is 6.68. The summed E-state index contributed by atoms with van der Waals surface area (Å²) in [6.45, 7) is 0. The first-order valence-electron chi connectivity index (χ1n) is 7.43. The zero-order valence-electron chi connectivity index (χ0n) is 11.9. The van der Waals surface area contributed by atoms with Gasteiger partial charge in [0.05, 0.1) is 13.2 Å². The van der Waals surface area contributed by atoms with E-state index in [-0.39, 0.29) is 0 Å². The van der Waals surface area contributed by atoms with Crippen molar-refractivity contribution in [2.24, 2.45) is 0 Å².